The lowest BCUT2D eigenvalue weighted by Gasteiger charge is -2.41. The average Bonchev–Trinajstić information content (AvgIpc) is 3.21. The Morgan fingerprint density at radius 2 is 2.07 bits per heavy atom. The number of ether oxygens (including phenoxy) is 2. The lowest BCUT2D eigenvalue weighted by atomic mass is 9.90. The average molecular weight is 400 g/mol. The molecule has 0 bridgehead atoms. The van der Waals surface area contributed by atoms with Gasteiger partial charge in [-0.15, -0.1) is 0 Å². The quantitative estimate of drug-likeness (QED) is 0.428. The molecule has 3 aliphatic heterocycles. The first-order valence-corrected chi connectivity index (χ1v) is 11.8. The summed E-state index contributed by atoms with van der Waals surface area (Å²) in [6.07, 6.45) is 2.85. The van der Waals surface area contributed by atoms with E-state index in [0.29, 0.717) is 32.1 Å². The number of hydrogen-bond acceptors (Lipinski definition) is 5. The first-order valence-electron chi connectivity index (χ1n) is 9.93. The fourth-order valence-electron chi connectivity index (χ4n) is 4.11. The van der Waals surface area contributed by atoms with Gasteiger partial charge in [0.1, 0.15) is 0 Å². The summed E-state index contributed by atoms with van der Waals surface area (Å²) < 4.78 is 35.2. The van der Waals surface area contributed by atoms with Crippen LogP contribution in [-0.4, -0.2) is 76.0 Å². The first kappa shape index (κ1) is 20.6. The summed E-state index contributed by atoms with van der Waals surface area (Å²) in [5.41, 5.74) is 1.00. The molecule has 0 spiro atoms. The molecule has 0 aromatic rings. The third-order valence-electron chi connectivity index (χ3n) is 5.70. The number of likely N-dealkylation sites (tertiary alicyclic amines) is 1. The topological polar surface area (TPSA) is 80.2 Å². The van der Waals surface area contributed by atoms with E-state index in [1.165, 1.54) is 0 Å². The van der Waals surface area contributed by atoms with E-state index in [2.05, 4.69) is 16.8 Å². The number of piperidine rings is 1. The molecule has 3 saturated heterocycles. The van der Waals surface area contributed by atoms with E-state index in [1.807, 2.05) is 13.8 Å². The molecule has 2 atom stereocenters. The number of guanidine groups is 1. The molecule has 0 radical (unpaired) electrons. The minimum Gasteiger partial charge on any atom is -0.356 e. The van der Waals surface area contributed by atoms with Crippen molar-refractivity contribution in [1.82, 2.24) is 10.2 Å². The van der Waals surface area contributed by atoms with Crippen LogP contribution in [0.2, 0.25) is 0 Å². The fraction of sp³-hybridized carbons (Fsp3) is 0.842. The number of nitrogens with zero attached hydrogens (tertiary/aromatic N) is 2. The predicted octanol–water partition coefficient (Wildman–Crippen LogP) is 1.42. The van der Waals surface area contributed by atoms with Crippen LogP contribution in [0.1, 0.15) is 33.1 Å². The minimum atomic E-state index is -2.86. The van der Waals surface area contributed by atoms with Crippen molar-refractivity contribution in [1.29, 1.82) is 0 Å². The molecule has 0 aromatic heterocycles. The fourth-order valence-corrected chi connectivity index (χ4v) is 5.97. The second-order valence-electron chi connectivity index (χ2n) is 8.24. The van der Waals surface area contributed by atoms with Gasteiger partial charge >= 0.3 is 0 Å². The van der Waals surface area contributed by atoms with E-state index >= 15 is 0 Å². The van der Waals surface area contributed by atoms with Crippen LogP contribution in [0.5, 0.6) is 0 Å². The maximum atomic E-state index is 11.7. The highest BCUT2D eigenvalue weighted by Gasteiger charge is 2.42. The van der Waals surface area contributed by atoms with Crippen molar-refractivity contribution < 1.29 is 17.9 Å². The summed E-state index contributed by atoms with van der Waals surface area (Å²) in [4.78, 5) is 6.99. The highest BCUT2D eigenvalue weighted by molar-refractivity contribution is 7.91. The van der Waals surface area contributed by atoms with Gasteiger partial charge in [0.15, 0.2) is 21.6 Å². The number of rotatable bonds is 5. The Labute approximate surface area is 163 Å². The van der Waals surface area contributed by atoms with Gasteiger partial charge in [-0.05, 0) is 39.0 Å². The molecule has 1 N–H and O–H groups in total. The van der Waals surface area contributed by atoms with Gasteiger partial charge in [0.05, 0.1) is 31.3 Å². The molecular formula is C19H33N3O4S. The Kier molecular flexibility index (Phi) is 6.48. The Morgan fingerprint density at radius 3 is 2.70 bits per heavy atom. The maximum absolute atomic E-state index is 11.7. The highest BCUT2D eigenvalue weighted by atomic mass is 32.2. The standard InChI is InChI=1S/C19H33N3O4S/c1-15(2)11-20-18(21-12-16-6-10-27(23,24)14-16)22-7-4-5-17(13-22)19(3)25-8-9-26-19/h16-17H,1,4-14H2,2-3H3,(H,20,21). The molecule has 3 rings (SSSR count). The number of hydrogen-bond donors (Lipinski definition) is 1. The summed E-state index contributed by atoms with van der Waals surface area (Å²) in [6.45, 7) is 12.2. The van der Waals surface area contributed by atoms with Gasteiger partial charge in [-0.25, -0.2) is 13.4 Å². The predicted molar refractivity (Wildman–Crippen MR) is 106 cm³/mol. The molecule has 27 heavy (non-hydrogen) atoms. The van der Waals surface area contributed by atoms with Crippen molar-refractivity contribution in [2.75, 3.05) is 50.9 Å². The third-order valence-corrected chi connectivity index (χ3v) is 7.53. The van der Waals surface area contributed by atoms with Crippen LogP contribution in [-0.2, 0) is 19.3 Å². The second-order valence-corrected chi connectivity index (χ2v) is 10.5. The van der Waals surface area contributed by atoms with E-state index in [9.17, 15) is 8.42 Å². The van der Waals surface area contributed by atoms with E-state index < -0.39 is 15.6 Å². The van der Waals surface area contributed by atoms with Crippen molar-refractivity contribution in [2.45, 2.75) is 38.9 Å². The molecule has 3 fully saturated rings. The van der Waals surface area contributed by atoms with Gasteiger partial charge in [0.25, 0.3) is 0 Å². The summed E-state index contributed by atoms with van der Waals surface area (Å²) in [5, 5.41) is 3.44. The Hall–Kier alpha value is -1.12. The molecule has 154 valence electrons. The molecule has 3 heterocycles. The summed E-state index contributed by atoms with van der Waals surface area (Å²) >= 11 is 0. The number of aliphatic imine (C=N–C) groups is 1. The zero-order chi connectivity index (χ0) is 19.5. The van der Waals surface area contributed by atoms with Gasteiger partial charge in [-0.1, -0.05) is 12.2 Å². The number of nitrogens with one attached hydrogen (secondary N) is 1. The van der Waals surface area contributed by atoms with E-state index in [1.54, 1.807) is 0 Å². The zero-order valence-corrected chi connectivity index (χ0v) is 17.4. The zero-order valence-electron chi connectivity index (χ0n) is 16.6. The van der Waals surface area contributed by atoms with Gasteiger partial charge in [-0.2, -0.15) is 0 Å². The van der Waals surface area contributed by atoms with Crippen LogP contribution in [0.3, 0.4) is 0 Å². The lowest BCUT2D eigenvalue weighted by molar-refractivity contribution is -0.189. The van der Waals surface area contributed by atoms with Crippen molar-refractivity contribution in [3.63, 3.8) is 0 Å². The lowest BCUT2D eigenvalue weighted by Crippen LogP contribution is -2.52. The molecule has 0 amide bonds. The monoisotopic (exact) mass is 399 g/mol. The van der Waals surface area contributed by atoms with E-state index in [-0.39, 0.29) is 17.6 Å². The van der Waals surface area contributed by atoms with E-state index in [4.69, 9.17) is 14.5 Å². The van der Waals surface area contributed by atoms with Crippen LogP contribution >= 0.6 is 0 Å². The molecule has 0 saturated carbocycles. The number of sulfone groups is 1. The largest absolute Gasteiger partial charge is 0.356 e. The minimum absolute atomic E-state index is 0.157. The summed E-state index contributed by atoms with van der Waals surface area (Å²) in [6, 6.07) is 0. The normalized spacial score (nSPS) is 30.4. The Morgan fingerprint density at radius 1 is 1.33 bits per heavy atom. The molecule has 7 nitrogen and oxygen atoms in total. The summed E-state index contributed by atoms with van der Waals surface area (Å²) in [7, 11) is -2.86. The molecule has 0 aliphatic carbocycles. The van der Waals surface area contributed by atoms with Crippen LogP contribution in [0.25, 0.3) is 0 Å². The van der Waals surface area contributed by atoms with Crippen LogP contribution < -0.4 is 5.32 Å². The molecule has 3 aliphatic rings. The van der Waals surface area contributed by atoms with Gasteiger partial charge in [0.2, 0.25) is 0 Å². The van der Waals surface area contributed by atoms with Crippen molar-refractivity contribution in [3.05, 3.63) is 12.2 Å². The summed E-state index contributed by atoms with van der Waals surface area (Å²) in [5.74, 6) is 1.35. The highest BCUT2D eigenvalue weighted by Crippen LogP contribution is 2.34. The van der Waals surface area contributed by atoms with Crippen molar-refractivity contribution in [2.24, 2.45) is 16.8 Å². The molecule has 2 unspecified atom stereocenters. The van der Waals surface area contributed by atoms with Gasteiger partial charge in [0, 0.05) is 25.6 Å². The third kappa shape index (κ3) is 5.45. The SMILES string of the molecule is C=C(C)CN=C(NCC1CCS(=O)(=O)C1)N1CCCC(C2(C)OCCO2)C1. The van der Waals surface area contributed by atoms with Crippen LogP contribution in [0.4, 0.5) is 0 Å². The molecular weight excluding hydrogens is 366 g/mol. The van der Waals surface area contributed by atoms with Crippen LogP contribution in [0, 0.1) is 11.8 Å². The van der Waals surface area contributed by atoms with Gasteiger partial charge < -0.3 is 19.7 Å². The van der Waals surface area contributed by atoms with Crippen LogP contribution in [0.15, 0.2) is 17.1 Å². The van der Waals surface area contributed by atoms with Gasteiger partial charge in [-0.3, -0.25) is 0 Å². The van der Waals surface area contributed by atoms with E-state index in [0.717, 1.165) is 43.9 Å². The van der Waals surface area contributed by atoms with Crippen molar-refractivity contribution >= 4 is 15.8 Å². The maximum Gasteiger partial charge on any atom is 0.194 e. The molecule has 0 aromatic carbocycles. The molecule has 8 heteroatoms. The smallest absolute Gasteiger partial charge is 0.194 e. The Bertz CT molecular complexity index is 670. The second kappa shape index (κ2) is 8.49. The first-order chi connectivity index (χ1) is 12.8. The van der Waals surface area contributed by atoms with Crippen molar-refractivity contribution in [3.8, 4) is 0 Å². The Balaban J connectivity index is 1.64.